The summed E-state index contributed by atoms with van der Waals surface area (Å²) in [5.74, 6) is -0.334. The number of hydrogen-bond donors (Lipinski definition) is 1. The molecule has 0 fully saturated rings. The molecule has 0 atom stereocenters. The predicted octanol–water partition coefficient (Wildman–Crippen LogP) is 6.77. The van der Waals surface area contributed by atoms with Crippen molar-refractivity contribution in [1.82, 2.24) is 9.47 Å². The molecule has 0 radical (unpaired) electrons. The van der Waals surface area contributed by atoms with Gasteiger partial charge in [0.15, 0.2) is 5.11 Å². The summed E-state index contributed by atoms with van der Waals surface area (Å²) in [6, 6.07) is 29.5. The summed E-state index contributed by atoms with van der Waals surface area (Å²) in [5.41, 5.74) is 4.80. The van der Waals surface area contributed by atoms with Crippen LogP contribution in [0.3, 0.4) is 0 Å². The van der Waals surface area contributed by atoms with Crippen molar-refractivity contribution in [2.45, 2.75) is 26.6 Å². The van der Waals surface area contributed by atoms with Gasteiger partial charge in [-0.15, -0.1) is 0 Å². The first kappa shape index (κ1) is 25.5. The fourth-order valence-corrected chi connectivity index (χ4v) is 4.21. The summed E-state index contributed by atoms with van der Waals surface area (Å²) in [6.45, 7) is 4.16. The van der Waals surface area contributed by atoms with Gasteiger partial charge in [0.1, 0.15) is 0 Å². The number of carbonyl (C=O) groups excluding carboxylic acids is 1. The van der Waals surface area contributed by atoms with Gasteiger partial charge in [0.25, 0.3) is 0 Å². The molecule has 0 amide bonds. The highest BCUT2D eigenvalue weighted by Crippen LogP contribution is 2.18. The monoisotopic (exact) mass is 517 g/mol. The molecule has 0 saturated heterocycles. The molecule has 36 heavy (non-hydrogen) atoms. The van der Waals surface area contributed by atoms with Crippen LogP contribution >= 0.6 is 23.8 Å². The Bertz CT molecular complexity index is 1290. The van der Waals surface area contributed by atoms with E-state index in [4.69, 9.17) is 28.6 Å². The first-order valence-corrected chi connectivity index (χ1v) is 12.6. The smallest absolute Gasteiger partial charge is 0.338 e. The molecular weight excluding hydrogens is 490 g/mol. The summed E-state index contributed by atoms with van der Waals surface area (Å²) in [4.78, 5) is 14.1. The van der Waals surface area contributed by atoms with Gasteiger partial charge in [-0.25, -0.2) is 4.79 Å². The number of nitrogens with zero attached hydrogens (tertiary/aromatic N) is 2. The Labute approximate surface area is 222 Å². The molecule has 0 spiro atoms. The molecule has 0 bridgehead atoms. The normalized spacial score (nSPS) is 10.6. The van der Waals surface area contributed by atoms with E-state index in [9.17, 15) is 4.79 Å². The number of esters is 1. The summed E-state index contributed by atoms with van der Waals surface area (Å²) >= 11 is 11.9. The molecular formula is C29H28ClN3O2S. The van der Waals surface area contributed by atoms with Crippen molar-refractivity contribution in [3.63, 3.8) is 0 Å². The maximum Gasteiger partial charge on any atom is 0.338 e. The van der Waals surface area contributed by atoms with Crippen molar-refractivity contribution >= 4 is 40.6 Å². The van der Waals surface area contributed by atoms with Gasteiger partial charge < -0.3 is 19.5 Å². The predicted molar refractivity (Wildman–Crippen MR) is 149 cm³/mol. The third-order valence-corrected chi connectivity index (χ3v) is 6.31. The molecule has 4 rings (SSSR count). The van der Waals surface area contributed by atoms with Gasteiger partial charge in [-0.2, -0.15) is 0 Å². The first-order chi connectivity index (χ1) is 17.5. The van der Waals surface area contributed by atoms with Gasteiger partial charge in [0.2, 0.25) is 0 Å². The number of thiocarbonyl (C=S) groups is 1. The van der Waals surface area contributed by atoms with Crippen LogP contribution < -0.4 is 5.32 Å². The van der Waals surface area contributed by atoms with Gasteiger partial charge in [-0.3, -0.25) is 0 Å². The van der Waals surface area contributed by atoms with Crippen LogP contribution in [0.25, 0.3) is 0 Å². The Morgan fingerprint density at radius 2 is 1.64 bits per heavy atom. The molecule has 0 saturated carbocycles. The Morgan fingerprint density at radius 3 is 2.33 bits per heavy atom. The molecule has 0 aliphatic rings. The van der Waals surface area contributed by atoms with Crippen LogP contribution in [0.4, 0.5) is 5.69 Å². The second-order valence-corrected chi connectivity index (χ2v) is 9.15. The van der Waals surface area contributed by atoms with Crippen LogP contribution in [0.5, 0.6) is 0 Å². The third-order valence-electron chi connectivity index (χ3n) is 5.69. The fraction of sp³-hybridized carbons (Fsp3) is 0.172. The molecule has 184 valence electrons. The van der Waals surface area contributed by atoms with E-state index in [0.29, 0.717) is 30.4 Å². The molecule has 0 unspecified atom stereocenters. The summed E-state index contributed by atoms with van der Waals surface area (Å²) in [5, 5.41) is 4.66. The molecule has 7 heteroatoms. The van der Waals surface area contributed by atoms with Crippen LogP contribution in [0, 0.1) is 0 Å². The van der Waals surface area contributed by atoms with Gasteiger partial charge >= 0.3 is 5.97 Å². The SMILES string of the molecule is CCOC(=O)c1ccc(NC(=S)N(Cc2ccccc2)Cc2cccn2Cc2ccc(Cl)cc2)cc1. The van der Waals surface area contributed by atoms with Crippen molar-refractivity contribution in [1.29, 1.82) is 0 Å². The van der Waals surface area contributed by atoms with Crippen molar-refractivity contribution in [3.8, 4) is 0 Å². The second-order valence-electron chi connectivity index (χ2n) is 8.32. The van der Waals surface area contributed by atoms with E-state index < -0.39 is 0 Å². The quantitative estimate of drug-likeness (QED) is 0.196. The molecule has 5 nitrogen and oxygen atoms in total. The summed E-state index contributed by atoms with van der Waals surface area (Å²) < 4.78 is 7.29. The van der Waals surface area contributed by atoms with E-state index in [0.717, 1.165) is 28.5 Å². The van der Waals surface area contributed by atoms with Gasteiger partial charge in [-0.1, -0.05) is 54.1 Å². The fourth-order valence-electron chi connectivity index (χ4n) is 3.84. The Kier molecular flexibility index (Phi) is 8.76. The third kappa shape index (κ3) is 6.97. The van der Waals surface area contributed by atoms with Crippen LogP contribution in [0.2, 0.25) is 5.02 Å². The molecule has 0 aliphatic carbocycles. The minimum Gasteiger partial charge on any atom is -0.462 e. The maximum atomic E-state index is 12.0. The van der Waals surface area contributed by atoms with E-state index in [-0.39, 0.29) is 5.97 Å². The number of hydrogen-bond acceptors (Lipinski definition) is 3. The maximum absolute atomic E-state index is 12.0. The summed E-state index contributed by atoms with van der Waals surface area (Å²) in [7, 11) is 0. The molecule has 1 heterocycles. The number of ether oxygens (including phenoxy) is 1. The number of nitrogens with one attached hydrogen (secondary N) is 1. The van der Waals surface area contributed by atoms with E-state index in [1.165, 1.54) is 5.56 Å². The number of halogens is 1. The number of anilines is 1. The number of rotatable bonds is 9. The largest absolute Gasteiger partial charge is 0.462 e. The standard InChI is InChI=1S/C29H28ClN3O2S/c1-2-35-28(34)24-12-16-26(17-13-24)31-29(36)33(20-22-7-4-3-5-8-22)21-27-9-6-18-32(27)19-23-10-14-25(30)15-11-23/h3-18H,2,19-21H2,1H3,(H,31,36). The van der Waals surface area contributed by atoms with Crippen molar-refractivity contribution in [3.05, 3.63) is 125 Å². The zero-order chi connectivity index (χ0) is 25.3. The van der Waals surface area contributed by atoms with E-state index >= 15 is 0 Å². The average molecular weight is 518 g/mol. The Balaban J connectivity index is 1.51. The second kappa shape index (κ2) is 12.4. The molecule has 3 aromatic carbocycles. The lowest BCUT2D eigenvalue weighted by atomic mass is 10.2. The van der Waals surface area contributed by atoms with Crippen LogP contribution in [0.15, 0.2) is 97.2 Å². The highest BCUT2D eigenvalue weighted by atomic mass is 35.5. The molecule has 1 aromatic heterocycles. The molecule has 1 N–H and O–H groups in total. The van der Waals surface area contributed by atoms with Crippen LogP contribution in [0.1, 0.15) is 34.1 Å². The van der Waals surface area contributed by atoms with Gasteiger partial charge in [-0.05, 0) is 78.8 Å². The minimum atomic E-state index is -0.334. The Morgan fingerprint density at radius 1 is 0.917 bits per heavy atom. The highest BCUT2D eigenvalue weighted by Gasteiger charge is 2.15. The molecule has 0 aliphatic heterocycles. The van der Waals surface area contributed by atoms with E-state index in [1.807, 2.05) is 54.6 Å². The molecule has 4 aromatic rings. The van der Waals surface area contributed by atoms with Crippen LogP contribution in [-0.2, 0) is 24.4 Å². The van der Waals surface area contributed by atoms with Crippen molar-refractivity contribution < 1.29 is 9.53 Å². The number of aromatic nitrogens is 1. The van der Waals surface area contributed by atoms with Gasteiger partial charge in [0.05, 0.1) is 18.7 Å². The van der Waals surface area contributed by atoms with E-state index in [2.05, 4.69) is 45.2 Å². The first-order valence-electron chi connectivity index (χ1n) is 11.8. The lowest BCUT2D eigenvalue weighted by Crippen LogP contribution is -2.34. The highest BCUT2D eigenvalue weighted by molar-refractivity contribution is 7.80. The van der Waals surface area contributed by atoms with Crippen molar-refractivity contribution in [2.24, 2.45) is 0 Å². The van der Waals surface area contributed by atoms with Gasteiger partial charge in [0, 0.05) is 35.7 Å². The number of benzene rings is 3. The average Bonchev–Trinajstić information content (AvgIpc) is 3.32. The minimum absolute atomic E-state index is 0.334. The number of carbonyl (C=O) groups is 1. The van der Waals surface area contributed by atoms with E-state index in [1.54, 1.807) is 19.1 Å². The zero-order valence-corrected chi connectivity index (χ0v) is 21.6. The lowest BCUT2D eigenvalue weighted by Gasteiger charge is -2.27. The zero-order valence-electron chi connectivity index (χ0n) is 20.1. The Hall–Kier alpha value is -3.61. The van der Waals surface area contributed by atoms with Crippen LogP contribution in [-0.4, -0.2) is 27.2 Å². The topological polar surface area (TPSA) is 46.5 Å². The summed E-state index contributed by atoms with van der Waals surface area (Å²) in [6.07, 6.45) is 2.08. The lowest BCUT2D eigenvalue weighted by molar-refractivity contribution is 0.0526. The van der Waals surface area contributed by atoms with Crippen molar-refractivity contribution in [2.75, 3.05) is 11.9 Å².